The highest BCUT2D eigenvalue weighted by atomic mass is 16.1. The Morgan fingerprint density at radius 3 is 2.48 bits per heavy atom. The average molecular weight is 281 g/mol. The molecule has 4 nitrogen and oxygen atoms in total. The normalized spacial score (nSPS) is 14.2. The zero-order valence-electron chi connectivity index (χ0n) is 12.2. The van der Waals surface area contributed by atoms with E-state index in [1.165, 1.54) is 18.5 Å². The number of anilines is 2. The first kappa shape index (κ1) is 13.6. The van der Waals surface area contributed by atoms with Crippen LogP contribution in [-0.2, 0) is 0 Å². The van der Waals surface area contributed by atoms with Crippen molar-refractivity contribution in [2.75, 3.05) is 23.3 Å². The molecule has 1 saturated heterocycles. The molecule has 0 radical (unpaired) electrons. The number of carbonyl (C=O) groups is 1. The Balaban J connectivity index is 1.68. The number of aromatic nitrogens is 1. The van der Waals surface area contributed by atoms with Gasteiger partial charge in [0.15, 0.2) is 0 Å². The fraction of sp³-hybridized carbons (Fsp3) is 0.294. The number of hydrogen-bond acceptors (Lipinski definition) is 3. The van der Waals surface area contributed by atoms with Crippen LogP contribution in [0.1, 0.15) is 29.0 Å². The Kier molecular flexibility index (Phi) is 3.86. The lowest BCUT2D eigenvalue weighted by Crippen LogP contribution is -2.17. The second-order valence-corrected chi connectivity index (χ2v) is 5.36. The van der Waals surface area contributed by atoms with Gasteiger partial charge in [0.1, 0.15) is 5.69 Å². The fourth-order valence-electron chi connectivity index (χ4n) is 2.60. The van der Waals surface area contributed by atoms with Crippen LogP contribution in [0.3, 0.4) is 0 Å². The molecule has 2 heterocycles. The van der Waals surface area contributed by atoms with Gasteiger partial charge in [-0.15, -0.1) is 0 Å². The Hall–Kier alpha value is -2.36. The first-order chi connectivity index (χ1) is 10.2. The van der Waals surface area contributed by atoms with Gasteiger partial charge in [0, 0.05) is 30.2 Å². The van der Waals surface area contributed by atoms with Crippen LogP contribution in [0, 0.1) is 6.92 Å². The van der Waals surface area contributed by atoms with Gasteiger partial charge in [0.25, 0.3) is 5.91 Å². The number of amides is 1. The van der Waals surface area contributed by atoms with Crippen LogP contribution in [0.2, 0.25) is 0 Å². The van der Waals surface area contributed by atoms with Crippen LogP contribution in [-0.4, -0.2) is 24.0 Å². The molecule has 3 rings (SSSR count). The van der Waals surface area contributed by atoms with Crippen molar-refractivity contribution < 1.29 is 4.79 Å². The molecule has 1 aromatic heterocycles. The molecule has 1 fully saturated rings. The van der Waals surface area contributed by atoms with Gasteiger partial charge in [0.05, 0.1) is 0 Å². The summed E-state index contributed by atoms with van der Waals surface area (Å²) in [4.78, 5) is 18.7. The number of nitrogens with zero attached hydrogens (tertiary/aromatic N) is 2. The molecular formula is C17H19N3O. The molecular weight excluding hydrogens is 262 g/mol. The summed E-state index contributed by atoms with van der Waals surface area (Å²) in [5.41, 5.74) is 3.30. The maximum absolute atomic E-state index is 12.1. The predicted molar refractivity (Wildman–Crippen MR) is 84.8 cm³/mol. The van der Waals surface area contributed by atoms with Crippen LogP contribution in [0.15, 0.2) is 42.5 Å². The van der Waals surface area contributed by atoms with Gasteiger partial charge in [-0.1, -0.05) is 6.07 Å². The van der Waals surface area contributed by atoms with Gasteiger partial charge in [-0.3, -0.25) is 4.79 Å². The molecule has 1 aromatic carbocycles. The summed E-state index contributed by atoms with van der Waals surface area (Å²) in [7, 11) is 0. The lowest BCUT2D eigenvalue weighted by atomic mass is 10.2. The second-order valence-electron chi connectivity index (χ2n) is 5.36. The van der Waals surface area contributed by atoms with Gasteiger partial charge in [-0.05, 0) is 56.2 Å². The van der Waals surface area contributed by atoms with E-state index in [1.54, 1.807) is 6.07 Å². The number of hydrogen-bond donors (Lipinski definition) is 1. The molecule has 0 saturated carbocycles. The van der Waals surface area contributed by atoms with Crippen molar-refractivity contribution in [1.82, 2.24) is 4.98 Å². The van der Waals surface area contributed by atoms with E-state index in [4.69, 9.17) is 0 Å². The molecule has 4 heteroatoms. The molecule has 1 aliphatic heterocycles. The number of pyridine rings is 1. The van der Waals surface area contributed by atoms with Crippen molar-refractivity contribution >= 4 is 17.3 Å². The monoisotopic (exact) mass is 281 g/mol. The largest absolute Gasteiger partial charge is 0.372 e. The molecule has 21 heavy (non-hydrogen) atoms. The van der Waals surface area contributed by atoms with Crippen molar-refractivity contribution in [3.63, 3.8) is 0 Å². The van der Waals surface area contributed by atoms with Crippen LogP contribution in [0.5, 0.6) is 0 Å². The Bertz CT molecular complexity index is 631. The summed E-state index contributed by atoms with van der Waals surface area (Å²) >= 11 is 0. The minimum absolute atomic E-state index is 0.173. The van der Waals surface area contributed by atoms with Gasteiger partial charge in [0.2, 0.25) is 0 Å². The molecule has 0 unspecified atom stereocenters. The smallest absolute Gasteiger partial charge is 0.274 e. The average Bonchev–Trinajstić information content (AvgIpc) is 3.02. The van der Waals surface area contributed by atoms with Crippen LogP contribution in [0.4, 0.5) is 11.4 Å². The molecule has 1 N–H and O–H groups in total. The van der Waals surface area contributed by atoms with E-state index in [2.05, 4.69) is 27.3 Å². The van der Waals surface area contributed by atoms with Crippen molar-refractivity contribution in [3.8, 4) is 0 Å². The van der Waals surface area contributed by atoms with Gasteiger partial charge >= 0.3 is 0 Å². The van der Waals surface area contributed by atoms with Gasteiger partial charge in [-0.25, -0.2) is 4.98 Å². The highest BCUT2D eigenvalue weighted by Gasteiger charge is 2.12. The summed E-state index contributed by atoms with van der Waals surface area (Å²) in [6.45, 7) is 4.12. The molecule has 1 aliphatic rings. The molecule has 0 atom stereocenters. The molecule has 2 aromatic rings. The van der Waals surface area contributed by atoms with Crippen LogP contribution >= 0.6 is 0 Å². The molecule has 108 valence electrons. The lowest BCUT2D eigenvalue weighted by molar-refractivity contribution is 0.102. The zero-order chi connectivity index (χ0) is 14.7. The highest BCUT2D eigenvalue weighted by molar-refractivity contribution is 6.02. The summed E-state index contributed by atoms with van der Waals surface area (Å²) in [6, 6.07) is 13.5. The Morgan fingerprint density at radius 2 is 1.81 bits per heavy atom. The van der Waals surface area contributed by atoms with E-state index in [0.717, 1.165) is 24.5 Å². The maximum Gasteiger partial charge on any atom is 0.274 e. The zero-order valence-corrected chi connectivity index (χ0v) is 12.2. The number of aryl methyl sites for hydroxylation is 1. The number of benzene rings is 1. The summed E-state index contributed by atoms with van der Waals surface area (Å²) in [5, 5.41) is 2.88. The van der Waals surface area contributed by atoms with Crippen LogP contribution in [0.25, 0.3) is 0 Å². The van der Waals surface area contributed by atoms with E-state index < -0.39 is 0 Å². The van der Waals surface area contributed by atoms with Crippen LogP contribution < -0.4 is 10.2 Å². The first-order valence-electron chi connectivity index (χ1n) is 7.32. The third-order valence-corrected chi connectivity index (χ3v) is 3.72. The van der Waals surface area contributed by atoms with E-state index in [0.29, 0.717) is 5.69 Å². The molecule has 0 bridgehead atoms. The summed E-state index contributed by atoms with van der Waals surface area (Å²) < 4.78 is 0. The first-order valence-corrected chi connectivity index (χ1v) is 7.32. The van der Waals surface area contributed by atoms with E-state index >= 15 is 0 Å². The van der Waals surface area contributed by atoms with Gasteiger partial charge < -0.3 is 10.2 Å². The molecule has 0 aliphatic carbocycles. The Labute approximate surface area is 124 Å². The van der Waals surface area contributed by atoms with E-state index in [1.807, 2.05) is 31.2 Å². The SMILES string of the molecule is Cc1cccc(C(=O)Nc2ccc(N3CCCC3)cc2)n1. The van der Waals surface area contributed by atoms with Crippen molar-refractivity contribution in [1.29, 1.82) is 0 Å². The van der Waals surface area contributed by atoms with E-state index in [9.17, 15) is 4.79 Å². The number of rotatable bonds is 3. The predicted octanol–water partition coefficient (Wildman–Crippen LogP) is 3.24. The summed E-state index contributed by atoms with van der Waals surface area (Å²) in [6.07, 6.45) is 2.52. The number of nitrogens with one attached hydrogen (secondary N) is 1. The van der Waals surface area contributed by atoms with E-state index in [-0.39, 0.29) is 5.91 Å². The third kappa shape index (κ3) is 3.21. The maximum atomic E-state index is 12.1. The van der Waals surface area contributed by atoms with Crippen molar-refractivity contribution in [3.05, 3.63) is 53.9 Å². The lowest BCUT2D eigenvalue weighted by Gasteiger charge is -2.17. The van der Waals surface area contributed by atoms with Crippen molar-refractivity contribution in [2.45, 2.75) is 19.8 Å². The fourth-order valence-corrected chi connectivity index (χ4v) is 2.60. The number of carbonyl (C=O) groups excluding carboxylic acids is 1. The van der Waals surface area contributed by atoms with Gasteiger partial charge in [-0.2, -0.15) is 0 Å². The minimum Gasteiger partial charge on any atom is -0.372 e. The standard InChI is InChI=1S/C17H19N3O/c1-13-5-4-6-16(18-13)17(21)19-14-7-9-15(10-8-14)20-11-2-3-12-20/h4-10H,2-3,11-12H2,1H3,(H,19,21). The molecule has 0 spiro atoms. The second kappa shape index (κ2) is 5.95. The van der Waals surface area contributed by atoms with Crippen molar-refractivity contribution in [2.24, 2.45) is 0 Å². The highest BCUT2D eigenvalue weighted by Crippen LogP contribution is 2.22. The topological polar surface area (TPSA) is 45.2 Å². The molecule has 1 amide bonds. The third-order valence-electron chi connectivity index (χ3n) is 3.72. The minimum atomic E-state index is -0.173. The summed E-state index contributed by atoms with van der Waals surface area (Å²) in [5.74, 6) is -0.173. The quantitative estimate of drug-likeness (QED) is 0.939. The Morgan fingerprint density at radius 1 is 1.10 bits per heavy atom.